The van der Waals surface area contributed by atoms with Crippen LogP contribution in [0.15, 0.2) is 66.3 Å². The van der Waals surface area contributed by atoms with Gasteiger partial charge in [0.05, 0.1) is 12.1 Å². The molecule has 6 nitrogen and oxygen atoms in total. The molecule has 0 radical (unpaired) electrons. The molecule has 1 fully saturated rings. The van der Waals surface area contributed by atoms with E-state index in [0.29, 0.717) is 25.7 Å². The molecule has 1 aliphatic heterocycles. The summed E-state index contributed by atoms with van der Waals surface area (Å²) in [5.41, 5.74) is 2.93. The first kappa shape index (κ1) is 22.1. The van der Waals surface area contributed by atoms with Crippen molar-refractivity contribution in [2.24, 2.45) is 5.92 Å². The van der Waals surface area contributed by atoms with Crippen molar-refractivity contribution in [3.8, 4) is 11.5 Å². The lowest BCUT2D eigenvalue weighted by Crippen LogP contribution is -2.46. The van der Waals surface area contributed by atoms with Crippen LogP contribution in [0.4, 0.5) is 4.79 Å². The predicted octanol–water partition coefficient (Wildman–Crippen LogP) is 5.49. The normalized spacial score (nSPS) is 18.3. The van der Waals surface area contributed by atoms with Crippen LogP contribution in [-0.2, 0) is 13.0 Å². The van der Waals surface area contributed by atoms with Crippen molar-refractivity contribution >= 4 is 17.4 Å². The fourth-order valence-electron chi connectivity index (χ4n) is 4.13. The lowest BCUT2D eigenvalue weighted by atomic mass is 9.87. The zero-order chi connectivity index (χ0) is 22.2. The van der Waals surface area contributed by atoms with Gasteiger partial charge in [-0.15, -0.1) is 11.3 Å². The van der Waals surface area contributed by atoms with Gasteiger partial charge in [-0.3, -0.25) is 4.98 Å². The van der Waals surface area contributed by atoms with Crippen LogP contribution in [0.5, 0.6) is 11.5 Å². The average Bonchev–Trinajstić information content (AvgIpc) is 3.32. The molecular formula is C25H28N2O4S. The van der Waals surface area contributed by atoms with Gasteiger partial charge in [0.2, 0.25) is 0 Å². The summed E-state index contributed by atoms with van der Waals surface area (Å²) in [6, 6.07) is 17.8. The van der Waals surface area contributed by atoms with Gasteiger partial charge in [-0.05, 0) is 55.0 Å². The molecule has 2 heterocycles. The number of hydrogen-bond acceptors (Lipinski definition) is 5. The number of likely N-dealkylation sites (tertiary alicyclic amines) is 1. The molecule has 168 valence electrons. The van der Waals surface area contributed by atoms with E-state index in [-0.39, 0.29) is 6.04 Å². The minimum Gasteiger partial charge on any atom is -0.494 e. The quantitative estimate of drug-likeness (QED) is 0.465. The maximum Gasteiger partial charge on any atom is 0.407 e. The first-order valence-electron chi connectivity index (χ1n) is 10.9. The highest BCUT2D eigenvalue weighted by molar-refractivity contribution is 7.09. The zero-order valence-electron chi connectivity index (χ0n) is 17.9. The number of rotatable bonds is 9. The summed E-state index contributed by atoms with van der Waals surface area (Å²) in [5.74, 6) is 2.09. The molecule has 1 amide bonds. The Balaban J connectivity index is 1.22. The van der Waals surface area contributed by atoms with Crippen LogP contribution in [0.25, 0.3) is 0 Å². The third-order valence-electron chi connectivity index (χ3n) is 5.86. The molecule has 1 aliphatic rings. The monoisotopic (exact) mass is 452 g/mol. The van der Waals surface area contributed by atoms with Crippen LogP contribution in [-0.4, -0.2) is 40.3 Å². The molecule has 2 unspecified atom stereocenters. The third kappa shape index (κ3) is 6.23. The molecule has 1 saturated heterocycles. The highest BCUT2D eigenvalue weighted by atomic mass is 32.1. The fraction of sp³-hybridized carbons (Fsp3) is 0.360. The second-order valence-electron chi connectivity index (χ2n) is 8.07. The number of ether oxygens (including phenoxy) is 2. The van der Waals surface area contributed by atoms with Gasteiger partial charge in [0.25, 0.3) is 0 Å². The number of carboxylic acid groups (broad SMARTS) is 1. The molecule has 0 saturated carbocycles. The molecule has 0 spiro atoms. The van der Waals surface area contributed by atoms with Crippen LogP contribution in [0.1, 0.15) is 29.7 Å². The first-order valence-corrected chi connectivity index (χ1v) is 11.8. The summed E-state index contributed by atoms with van der Waals surface area (Å²) in [4.78, 5) is 18.5. The van der Waals surface area contributed by atoms with E-state index in [1.807, 2.05) is 60.8 Å². The molecule has 7 heteroatoms. The standard InChI is InChI=1S/C25H28N2O4S/c28-25(29)27-12-10-19(14-21(27)15-24-16-26-18-32-24)11-13-30-22-6-8-23(9-7-22)31-17-20-4-2-1-3-5-20/h1-9,16,18-19,21H,10-15,17H2,(H,28,29). The van der Waals surface area contributed by atoms with Crippen LogP contribution in [0.2, 0.25) is 0 Å². The number of thiazole rings is 1. The maximum absolute atomic E-state index is 11.6. The number of amides is 1. The van der Waals surface area contributed by atoms with Gasteiger partial charge in [-0.1, -0.05) is 30.3 Å². The number of benzene rings is 2. The second-order valence-corrected chi connectivity index (χ2v) is 9.05. The largest absolute Gasteiger partial charge is 0.494 e. The van der Waals surface area contributed by atoms with E-state index in [1.165, 1.54) is 0 Å². The fourth-order valence-corrected chi connectivity index (χ4v) is 4.80. The molecule has 1 N–H and O–H groups in total. The van der Waals surface area contributed by atoms with Crippen molar-refractivity contribution in [3.05, 3.63) is 76.7 Å². The number of aromatic nitrogens is 1. The maximum atomic E-state index is 11.6. The molecule has 0 bridgehead atoms. The molecule has 0 aliphatic carbocycles. The zero-order valence-corrected chi connectivity index (χ0v) is 18.7. The van der Waals surface area contributed by atoms with Crippen LogP contribution in [0.3, 0.4) is 0 Å². The van der Waals surface area contributed by atoms with Crippen molar-refractivity contribution < 1.29 is 19.4 Å². The molecule has 2 atom stereocenters. The van der Waals surface area contributed by atoms with Crippen LogP contribution in [0, 0.1) is 5.92 Å². The molecule has 32 heavy (non-hydrogen) atoms. The predicted molar refractivity (Wildman–Crippen MR) is 124 cm³/mol. The van der Waals surface area contributed by atoms with Gasteiger partial charge in [-0.2, -0.15) is 0 Å². The Morgan fingerprint density at radius 1 is 1.09 bits per heavy atom. The average molecular weight is 453 g/mol. The van der Waals surface area contributed by atoms with Crippen LogP contribution < -0.4 is 9.47 Å². The van der Waals surface area contributed by atoms with Gasteiger partial charge in [-0.25, -0.2) is 4.79 Å². The summed E-state index contributed by atoms with van der Waals surface area (Å²) in [7, 11) is 0. The molecule has 3 aromatic rings. The number of piperidine rings is 1. The number of nitrogens with zero attached hydrogens (tertiary/aromatic N) is 2. The lowest BCUT2D eigenvalue weighted by Gasteiger charge is -2.37. The Morgan fingerprint density at radius 2 is 1.84 bits per heavy atom. The van der Waals surface area contributed by atoms with E-state index in [4.69, 9.17) is 9.47 Å². The van der Waals surface area contributed by atoms with Gasteiger partial charge >= 0.3 is 6.09 Å². The van der Waals surface area contributed by atoms with Crippen molar-refractivity contribution in [1.82, 2.24) is 9.88 Å². The molecular weight excluding hydrogens is 424 g/mol. The van der Waals surface area contributed by atoms with E-state index in [0.717, 1.165) is 47.6 Å². The topological polar surface area (TPSA) is 71.9 Å². The summed E-state index contributed by atoms with van der Waals surface area (Å²) < 4.78 is 11.8. The van der Waals surface area contributed by atoms with Crippen molar-refractivity contribution in [2.45, 2.75) is 38.3 Å². The summed E-state index contributed by atoms with van der Waals surface area (Å²) in [6.07, 6.45) is 4.40. The highest BCUT2D eigenvalue weighted by Gasteiger charge is 2.31. The smallest absolute Gasteiger partial charge is 0.407 e. The number of carbonyl (C=O) groups is 1. The minimum atomic E-state index is -0.830. The SMILES string of the molecule is O=C(O)N1CCC(CCOc2ccc(OCc3ccccc3)cc2)CC1Cc1cncs1. The van der Waals surface area contributed by atoms with E-state index in [9.17, 15) is 9.90 Å². The number of hydrogen-bond donors (Lipinski definition) is 1. The Bertz CT molecular complexity index is 963. The first-order chi connectivity index (χ1) is 15.7. The Hall–Kier alpha value is -3.06. The van der Waals surface area contributed by atoms with E-state index in [2.05, 4.69) is 4.98 Å². The van der Waals surface area contributed by atoms with Crippen molar-refractivity contribution in [2.75, 3.05) is 13.2 Å². The van der Waals surface area contributed by atoms with E-state index in [1.54, 1.807) is 21.7 Å². The van der Waals surface area contributed by atoms with Crippen molar-refractivity contribution in [3.63, 3.8) is 0 Å². The minimum absolute atomic E-state index is 0.00717. The molecule has 2 aromatic carbocycles. The Morgan fingerprint density at radius 3 is 2.53 bits per heavy atom. The van der Waals surface area contributed by atoms with E-state index >= 15 is 0 Å². The second kappa shape index (κ2) is 11.0. The third-order valence-corrected chi connectivity index (χ3v) is 6.66. The summed E-state index contributed by atoms with van der Waals surface area (Å²) in [5, 5.41) is 9.55. The van der Waals surface area contributed by atoms with Gasteiger partial charge in [0, 0.05) is 30.1 Å². The summed E-state index contributed by atoms with van der Waals surface area (Å²) >= 11 is 1.58. The van der Waals surface area contributed by atoms with Crippen LogP contribution >= 0.6 is 11.3 Å². The van der Waals surface area contributed by atoms with Crippen molar-refractivity contribution in [1.29, 1.82) is 0 Å². The Labute approximate surface area is 192 Å². The van der Waals surface area contributed by atoms with E-state index < -0.39 is 6.09 Å². The van der Waals surface area contributed by atoms with Gasteiger partial charge in [0.1, 0.15) is 18.1 Å². The molecule has 4 rings (SSSR count). The molecule has 1 aromatic heterocycles. The summed E-state index contributed by atoms with van der Waals surface area (Å²) in [6.45, 7) is 1.74. The van der Waals surface area contributed by atoms with Gasteiger partial charge in [0.15, 0.2) is 0 Å². The Kier molecular flexibility index (Phi) is 7.61. The highest BCUT2D eigenvalue weighted by Crippen LogP contribution is 2.29. The van der Waals surface area contributed by atoms with Gasteiger partial charge < -0.3 is 19.5 Å². The lowest BCUT2D eigenvalue weighted by molar-refractivity contribution is 0.0845.